The molecule has 5 heteroatoms. The number of fused-ring (bicyclic) bond motifs is 7. The first kappa shape index (κ1) is 13.6. The van der Waals surface area contributed by atoms with Crippen LogP contribution in [0.5, 0.6) is 0 Å². The number of benzene rings is 7. The second kappa shape index (κ2) is 11.4. The Morgan fingerprint density at radius 3 is 1.58 bits per heavy atom. The Kier molecular flexibility index (Phi) is 3.09. The maximum Gasteiger partial charge on any atom is 0.238 e. The highest BCUT2D eigenvalue weighted by molar-refractivity contribution is 6.23. The van der Waals surface area contributed by atoms with Crippen LogP contribution in [0.25, 0.3) is 89.2 Å². The van der Waals surface area contributed by atoms with Gasteiger partial charge in [0.25, 0.3) is 0 Å². The van der Waals surface area contributed by atoms with E-state index in [1.807, 2.05) is 0 Å². The van der Waals surface area contributed by atoms with E-state index in [0.29, 0.717) is 0 Å². The third-order valence-corrected chi connectivity index (χ3v) is 7.97. The number of hydrogen-bond acceptors (Lipinski definition) is 3. The summed E-state index contributed by atoms with van der Waals surface area (Å²) in [6, 6.07) is -8.44. The van der Waals surface area contributed by atoms with E-state index in [-0.39, 0.29) is 38.4 Å². The van der Waals surface area contributed by atoms with E-state index in [4.69, 9.17) is 21.9 Å². The second-order valence-corrected chi connectivity index (χ2v) is 10.8. The molecule has 0 spiro atoms. The zero-order valence-electron chi connectivity index (χ0n) is 48.2. The number of nitrogens with zero attached hydrogens (tertiary/aromatic N) is 5. The summed E-state index contributed by atoms with van der Waals surface area (Å²) in [4.78, 5) is 13.6. The van der Waals surface area contributed by atoms with Crippen LogP contribution in [-0.4, -0.2) is 24.1 Å². The largest absolute Gasteiger partial charge is 0.307 e. The molecular weight excluding hydrogens is 611 g/mol. The number of para-hydroxylation sites is 3. The van der Waals surface area contributed by atoms with E-state index >= 15 is 0 Å². The minimum absolute atomic E-state index is 0.176. The summed E-state index contributed by atoms with van der Waals surface area (Å²) in [7, 11) is 0. The quantitative estimate of drug-likeness (QED) is 0.184. The van der Waals surface area contributed by atoms with Gasteiger partial charge in [0.15, 0.2) is 11.6 Å². The van der Waals surface area contributed by atoms with Gasteiger partial charge in [0, 0.05) is 38.4 Å². The molecule has 0 atom stereocenters. The Bertz CT molecular complexity index is 4130. The van der Waals surface area contributed by atoms with Crippen LogP contribution in [0.3, 0.4) is 0 Å². The molecule has 50 heavy (non-hydrogen) atoms. The first-order valence-corrected chi connectivity index (χ1v) is 14.9. The molecule has 3 heterocycles. The summed E-state index contributed by atoms with van der Waals surface area (Å²) in [6.45, 7) is 0. The number of rotatable bonds is 5. The van der Waals surface area contributed by atoms with Crippen molar-refractivity contribution in [2.75, 3.05) is 0 Å². The topological polar surface area (TPSA) is 48.5 Å². The first-order valence-electron chi connectivity index (χ1n) is 26.4. The Hall–Kier alpha value is -6.85. The van der Waals surface area contributed by atoms with Crippen LogP contribution in [0, 0.1) is 0 Å². The van der Waals surface area contributed by atoms with Gasteiger partial charge in [-0.3, -0.25) is 4.57 Å². The Morgan fingerprint density at radius 1 is 0.380 bits per heavy atom. The molecule has 5 nitrogen and oxygen atoms in total. The lowest BCUT2D eigenvalue weighted by atomic mass is 10.0. The molecule has 0 aliphatic carbocycles. The zero-order chi connectivity index (χ0) is 53.0. The Labute approximate surface area is 320 Å². The number of hydrogen-bond donors (Lipinski definition) is 0. The molecule has 0 amide bonds. The van der Waals surface area contributed by atoms with Gasteiger partial charge in [-0.25, -0.2) is 4.98 Å². The van der Waals surface area contributed by atoms with Crippen LogP contribution >= 0.6 is 0 Å². The van der Waals surface area contributed by atoms with Crippen molar-refractivity contribution in [3.8, 4) is 45.5 Å². The fourth-order valence-electron chi connectivity index (χ4n) is 5.87. The first-order chi connectivity index (χ1) is 34.4. The van der Waals surface area contributed by atoms with Gasteiger partial charge < -0.3 is 4.57 Å². The SMILES string of the molecule is [2H]c1cc(-c2c([2H])c([2H])c(-c3nc(-c4c([2H])c([2H])c([2H])c([2H])c4[2H])nc(-n4c5c([2H])c([2H])c([2H])c([2H])c5c5c([2H])c([2H])c6c7c([2H])c([2H])c([2H])c([2H])c7n(-c7ccccc7)c6c54)n3)c([2H])c2[2H])c([2H])c([2H])c1[2H]. The Morgan fingerprint density at radius 2 is 0.900 bits per heavy atom. The van der Waals surface area contributed by atoms with Crippen molar-refractivity contribution in [2.24, 2.45) is 0 Å². The second-order valence-electron chi connectivity index (χ2n) is 10.8. The predicted octanol–water partition coefficient (Wildman–Crippen LogP) is 11.1. The lowest BCUT2D eigenvalue weighted by Gasteiger charge is -2.13. The lowest BCUT2D eigenvalue weighted by Crippen LogP contribution is -2.07. The molecule has 10 aromatic rings. The van der Waals surface area contributed by atoms with Gasteiger partial charge in [0.2, 0.25) is 5.95 Å². The summed E-state index contributed by atoms with van der Waals surface area (Å²) in [5, 5.41) is -1.22. The highest BCUT2D eigenvalue weighted by Crippen LogP contribution is 2.41. The van der Waals surface area contributed by atoms with E-state index in [1.54, 1.807) is 30.3 Å². The van der Waals surface area contributed by atoms with E-state index < -0.39 is 190 Å². The van der Waals surface area contributed by atoms with Gasteiger partial charge in [-0.05, 0) is 35.3 Å². The standard InChI is InChI=1S/C45H29N5/c1-4-14-30(15-5-1)31-24-26-33(27-25-31)44-46-43(32-16-6-2-7-17-32)47-45(48-44)50-40-23-13-11-21-36(40)38-29-28-37-35-20-10-12-22-39(35)49(41(37)42(38)50)34-18-8-3-9-19-34/h1-29H/i1D,2D,4D,5D,6D,7D,10D,11D,12D,13D,14D,16D,17D,20D,21D,22D,23D,24D,25D,26D,27D,28D,29D. The molecule has 0 radical (unpaired) electrons. The van der Waals surface area contributed by atoms with Gasteiger partial charge >= 0.3 is 0 Å². The van der Waals surface area contributed by atoms with E-state index in [1.165, 1.54) is 4.57 Å². The monoisotopic (exact) mass is 662 g/mol. The summed E-state index contributed by atoms with van der Waals surface area (Å²) < 4.78 is 207. The molecule has 0 aliphatic heterocycles. The molecule has 0 saturated carbocycles. The van der Waals surface area contributed by atoms with Gasteiger partial charge in [0.05, 0.1) is 53.6 Å². The fraction of sp³-hybridized carbons (Fsp3) is 0. The molecule has 0 fully saturated rings. The molecular formula is C45H29N5. The van der Waals surface area contributed by atoms with Crippen molar-refractivity contribution < 1.29 is 31.5 Å². The minimum atomic E-state index is -0.904. The number of aromatic nitrogens is 5. The third-order valence-electron chi connectivity index (χ3n) is 7.97. The summed E-state index contributed by atoms with van der Waals surface area (Å²) in [5.74, 6) is -2.31. The average Bonchev–Trinajstić information content (AvgIpc) is 3.92. The smallest absolute Gasteiger partial charge is 0.238 e. The maximum absolute atomic E-state index is 9.60. The molecule has 7 aromatic carbocycles. The molecule has 234 valence electrons. The maximum atomic E-state index is 9.60. The molecule has 0 unspecified atom stereocenters. The molecule has 0 aliphatic rings. The van der Waals surface area contributed by atoms with Crippen LogP contribution in [0.1, 0.15) is 31.5 Å². The molecule has 0 saturated heterocycles. The predicted molar refractivity (Wildman–Crippen MR) is 205 cm³/mol. The van der Waals surface area contributed by atoms with Crippen LogP contribution in [-0.2, 0) is 0 Å². The zero-order valence-corrected chi connectivity index (χ0v) is 25.2. The van der Waals surface area contributed by atoms with Crippen molar-refractivity contribution in [1.29, 1.82) is 0 Å². The van der Waals surface area contributed by atoms with Crippen molar-refractivity contribution >= 4 is 43.6 Å². The van der Waals surface area contributed by atoms with Crippen molar-refractivity contribution in [3.05, 3.63) is 175 Å². The molecule has 0 N–H and O–H groups in total. The van der Waals surface area contributed by atoms with Gasteiger partial charge in [-0.1, -0.05) is 151 Å². The van der Waals surface area contributed by atoms with Crippen LogP contribution < -0.4 is 0 Å². The van der Waals surface area contributed by atoms with Crippen LogP contribution in [0.15, 0.2) is 175 Å². The normalized spacial score (nSPS) is 18.0. The highest BCUT2D eigenvalue weighted by Gasteiger charge is 2.23. The minimum Gasteiger partial charge on any atom is -0.307 e. The van der Waals surface area contributed by atoms with Gasteiger partial charge in [0.1, 0.15) is 0 Å². The highest BCUT2D eigenvalue weighted by atomic mass is 15.2. The van der Waals surface area contributed by atoms with E-state index in [9.17, 15) is 9.60 Å². The molecule has 10 rings (SSSR count). The fourth-order valence-corrected chi connectivity index (χ4v) is 5.87. The van der Waals surface area contributed by atoms with E-state index in [2.05, 4.69) is 15.0 Å². The summed E-state index contributed by atoms with van der Waals surface area (Å²) in [5.41, 5.74) is -3.29. The van der Waals surface area contributed by atoms with Gasteiger partial charge in [-0.15, -0.1) is 0 Å². The molecule has 0 bridgehead atoms. The summed E-state index contributed by atoms with van der Waals surface area (Å²) >= 11 is 0. The van der Waals surface area contributed by atoms with Crippen molar-refractivity contribution in [2.45, 2.75) is 0 Å². The molecule has 3 aromatic heterocycles. The van der Waals surface area contributed by atoms with Crippen LogP contribution in [0.4, 0.5) is 0 Å². The lowest BCUT2D eigenvalue weighted by molar-refractivity contribution is 0.953. The van der Waals surface area contributed by atoms with Crippen LogP contribution in [0.2, 0.25) is 0 Å². The average molecular weight is 663 g/mol. The van der Waals surface area contributed by atoms with Crippen molar-refractivity contribution in [1.82, 2.24) is 24.1 Å². The Balaban J connectivity index is 1.48. The van der Waals surface area contributed by atoms with Crippen molar-refractivity contribution in [3.63, 3.8) is 0 Å². The third kappa shape index (κ3) is 4.45. The van der Waals surface area contributed by atoms with Gasteiger partial charge in [-0.2, -0.15) is 9.97 Å². The summed E-state index contributed by atoms with van der Waals surface area (Å²) in [6.07, 6.45) is 0. The van der Waals surface area contributed by atoms with E-state index in [0.717, 1.165) is 10.6 Å².